The third-order valence-corrected chi connectivity index (χ3v) is 3.73. The Hall–Kier alpha value is -0.730. The van der Waals surface area contributed by atoms with E-state index in [1.807, 2.05) is 19.1 Å². The lowest BCUT2D eigenvalue weighted by molar-refractivity contribution is 0.375. The van der Waals surface area contributed by atoms with Crippen molar-refractivity contribution in [2.24, 2.45) is 5.92 Å². The molecule has 2 nitrogen and oxygen atoms in total. The number of aryl methyl sites for hydroxylation is 1. The van der Waals surface area contributed by atoms with Crippen molar-refractivity contribution < 1.29 is 5.11 Å². The summed E-state index contributed by atoms with van der Waals surface area (Å²) in [7, 11) is 0. The predicted octanol–water partition coefficient (Wildman–Crippen LogP) is 2.90. The van der Waals surface area contributed by atoms with Gasteiger partial charge >= 0.3 is 0 Å². The lowest BCUT2D eigenvalue weighted by atomic mass is 9.92. The van der Waals surface area contributed by atoms with Gasteiger partial charge in [0, 0.05) is 0 Å². The van der Waals surface area contributed by atoms with E-state index < -0.39 is 0 Å². The van der Waals surface area contributed by atoms with Crippen LogP contribution >= 0.6 is 11.6 Å². The van der Waals surface area contributed by atoms with Gasteiger partial charge in [0.1, 0.15) is 5.75 Å². The number of hydrogen-bond acceptors (Lipinski definition) is 2. The third-order valence-electron chi connectivity index (χ3n) is 3.31. The molecule has 88 valence electrons. The number of halogens is 1. The highest BCUT2D eigenvalue weighted by Crippen LogP contribution is 2.32. The summed E-state index contributed by atoms with van der Waals surface area (Å²) in [5.74, 6) is 0.885. The number of aromatic hydroxyl groups is 1. The molecule has 2 rings (SSSR count). The fourth-order valence-electron chi connectivity index (χ4n) is 2.27. The molecule has 1 heterocycles. The quantitative estimate of drug-likeness (QED) is 0.832. The van der Waals surface area contributed by atoms with Gasteiger partial charge in [0.15, 0.2) is 0 Å². The minimum absolute atomic E-state index is 0.239. The molecule has 1 fully saturated rings. The highest BCUT2D eigenvalue weighted by atomic mass is 35.5. The summed E-state index contributed by atoms with van der Waals surface area (Å²) < 4.78 is 0. The molecule has 1 saturated heterocycles. The van der Waals surface area contributed by atoms with Gasteiger partial charge in [-0.2, -0.15) is 0 Å². The van der Waals surface area contributed by atoms with Crippen LogP contribution in [0.2, 0.25) is 5.02 Å². The molecule has 0 amide bonds. The maximum Gasteiger partial charge on any atom is 0.137 e. The van der Waals surface area contributed by atoms with Crippen molar-refractivity contribution in [1.82, 2.24) is 5.32 Å². The van der Waals surface area contributed by atoms with Crippen LogP contribution in [0.1, 0.15) is 24.0 Å². The van der Waals surface area contributed by atoms with Crippen LogP contribution < -0.4 is 5.32 Å². The second-order valence-corrected chi connectivity index (χ2v) is 5.00. The Labute approximate surface area is 102 Å². The van der Waals surface area contributed by atoms with Gasteiger partial charge in [0.2, 0.25) is 0 Å². The van der Waals surface area contributed by atoms with Crippen molar-refractivity contribution in [3.05, 3.63) is 28.3 Å². The first kappa shape index (κ1) is 11.7. The van der Waals surface area contributed by atoms with Crippen LogP contribution in [-0.2, 0) is 6.42 Å². The Morgan fingerprint density at radius 2 is 2.31 bits per heavy atom. The maximum absolute atomic E-state index is 9.77. The largest absolute Gasteiger partial charge is 0.506 e. The Morgan fingerprint density at radius 3 is 3.00 bits per heavy atom. The van der Waals surface area contributed by atoms with Gasteiger partial charge in [-0.3, -0.25) is 0 Å². The summed E-state index contributed by atoms with van der Waals surface area (Å²) in [6.07, 6.45) is 3.44. The molecule has 3 heteroatoms. The van der Waals surface area contributed by atoms with Gasteiger partial charge < -0.3 is 10.4 Å². The molecule has 1 aromatic carbocycles. The zero-order valence-electron chi connectivity index (χ0n) is 9.59. The van der Waals surface area contributed by atoms with Gasteiger partial charge in [-0.05, 0) is 56.3 Å². The molecule has 1 aliphatic rings. The molecule has 0 aromatic heterocycles. The van der Waals surface area contributed by atoms with E-state index in [2.05, 4.69) is 5.32 Å². The fourth-order valence-corrected chi connectivity index (χ4v) is 2.56. The number of benzene rings is 1. The minimum atomic E-state index is 0.239. The minimum Gasteiger partial charge on any atom is -0.506 e. The lowest BCUT2D eigenvalue weighted by Crippen LogP contribution is -2.30. The third kappa shape index (κ3) is 2.50. The number of nitrogens with one attached hydrogen (secondary N) is 1. The van der Waals surface area contributed by atoms with Crippen LogP contribution in [0.4, 0.5) is 0 Å². The predicted molar refractivity (Wildman–Crippen MR) is 67.2 cm³/mol. The summed E-state index contributed by atoms with van der Waals surface area (Å²) in [6, 6.07) is 3.97. The molecule has 1 aromatic rings. The standard InChI is InChI=1S/C13H18ClNO/c1-9-4-5-11(12(14)13(9)16)7-10-3-2-6-15-8-10/h4-5,10,15-16H,2-3,6-8H2,1H3. The average Bonchev–Trinajstić information content (AvgIpc) is 2.31. The second kappa shape index (κ2) is 5.07. The maximum atomic E-state index is 9.77. The van der Waals surface area contributed by atoms with E-state index in [1.54, 1.807) is 0 Å². The van der Waals surface area contributed by atoms with Crippen LogP contribution in [0.3, 0.4) is 0 Å². The van der Waals surface area contributed by atoms with Crippen LogP contribution in [0.25, 0.3) is 0 Å². The first-order chi connectivity index (χ1) is 7.68. The van der Waals surface area contributed by atoms with Crippen molar-refractivity contribution in [3.8, 4) is 5.75 Å². The van der Waals surface area contributed by atoms with Crippen LogP contribution in [0.15, 0.2) is 12.1 Å². The Bertz CT molecular complexity index is 372. The SMILES string of the molecule is Cc1ccc(CC2CCCNC2)c(Cl)c1O. The van der Waals surface area contributed by atoms with Crippen LogP contribution in [0, 0.1) is 12.8 Å². The first-order valence-electron chi connectivity index (χ1n) is 5.86. The number of phenols is 1. The number of piperidine rings is 1. The molecule has 2 N–H and O–H groups in total. The van der Waals surface area contributed by atoms with E-state index in [0.29, 0.717) is 10.9 Å². The lowest BCUT2D eigenvalue weighted by Gasteiger charge is -2.23. The average molecular weight is 240 g/mol. The van der Waals surface area contributed by atoms with Crippen molar-refractivity contribution >= 4 is 11.6 Å². The Kier molecular flexibility index (Phi) is 3.72. The van der Waals surface area contributed by atoms with E-state index >= 15 is 0 Å². The summed E-state index contributed by atoms with van der Waals surface area (Å²) in [5, 5.41) is 13.7. The number of hydrogen-bond donors (Lipinski definition) is 2. The van der Waals surface area contributed by atoms with Gasteiger partial charge in [0.25, 0.3) is 0 Å². The summed E-state index contributed by atoms with van der Waals surface area (Å²) in [6.45, 7) is 4.06. The zero-order chi connectivity index (χ0) is 11.5. The number of phenolic OH excluding ortho intramolecular Hbond substituents is 1. The van der Waals surface area contributed by atoms with E-state index in [0.717, 1.165) is 30.6 Å². The smallest absolute Gasteiger partial charge is 0.137 e. The van der Waals surface area contributed by atoms with E-state index in [1.165, 1.54) is 12.8 Å². The molecular weight excluding hydrogens is 222 g/mol. The van der Waals surface area contributed by atoms with E-state index in [9.17, 15) is 5.11 Å². The van der Waals surface area contributed by atoms with Gasteiger partial charge in [-0.25, -0.2) is 0 Å². The van der Waals surface area contributed by atoms with Crippen molar-refractivity contribution in [2.45, 2.75) is 26.2 Å². The molecule has 16 heavy (non-hydrogen) atoms. The molecule has 0 aliphatic carbocycles. The molecule has 0 spiro atoms. The highest BCUT2D eigenvalue weighted by molar-refractivity contribution is 6.32. The monoisotopic (exact) mass is 239 g/mol. The van der Waals surface area contributed by atoms with Gasteiger partial charge in [-0.1, -0.05) is 23.7 Å². The van der Waals surface area contributed by atoms with Crippen LogP contribution in [-0.4, -0.2) is 18.2 Å². The number of rotatable bonds is 2. The van der Waals surface area contributed by atoms with Crippen LogP contribution in [0.5, 0.6) is 5.75 Å². The molecule has 0 radical (unpaired) electrons. The van der Waals surface area contributed by atoms with Crippen molar-refractivity contribution in [2.75, 3.05) is 13.1 Å². The summed E-state index contributed by atoms with van der Waals surface area (Å²) in [5.41, 5.74) is 1.91. The second-order valence-electron chi connectivity index (χ2n) is 4.62. The zero-order valence-corrected chi connectivity index (χ0v) is 10.3. The first-order valence-corrected chi connectivity index (χ1v) is 6.24. The molecule has 1 atom stereocenters. The molecule has 1 aliphatic heterocycles. The summed E-state index contributed by atoms with van der Waals surface area (Å²) >= 11 is 6.15. The molecule has 1 unspecified atom stereocenters. The topological polar surface area (TPSA) is 32.3 Å². The van der Waals surface area contributed by atoms with Crippen molar-refractivity contribution in [3.63, 3.8) is 0 Å². The highest BCUT2D eigenvalue weighted by Gasteiger charge is 2.16. The molecular formula is C13H18ClNO. The van der Waals surface area contributed by atoms with Crippen molar-refractivity contribution in [1.29, 1.82) is 0 Å². The molecule has 0 bridgehead atoms. The Balaban J connectivity index is 2.11. The van der Waals surface area contributed by atoms with E-state index in [4.69, 9.17) is 11.6 Å². The van der Waals surface area contributed by atoms with Gasteiger partial charge in [0.05, 0.1) is 5.02 Å². The molecule has 0 saturated carbocycles. The Morgan fingerprint density at radius 1 is 1.50 bits per heavy atom. The normalized spacial score (nSPS) is 21.0. The fraction of sp³-hybridized carbons (Fsp3) is 0.538. The van der Waals surface area contributed by atoms with E-state index in [-0.39, 0.29) is 5.75 Å². The van der Waals surface area contributed by atoms with Gasteiger partial charge in [-0.15, -0.1) is 0 Å². The summed E-state index contributed by atoms with van der Waals surface area (Å²) in [4.78, 5) is 0.